The maximum atomic E-state index is 12.9. The van der Waals surface area contributed by atoms with Crippen LogP contribution in [0.5, 0.6) is 0 Å². The summed E-state index contributed by atoms with van der Waals surface area (Å²) in [5.41, 5.74) is -0.0113. The lowest BCUT2D eigenvalue weighted by Crippen LogP contribution is -2.08. The van der Waals surface area contributed by atoms with Crippen LogP contribution in [0.3, 0.4) is 0 Å². The summed E-state index contributed by atoms with van der Waals surface area (Å²) >= 11 is 0. The molecule has 2 aromatic heterocycles. The van der Waals surface area contributed by atoms with Gasteiger partial charge in [-0.1, -0.05) is 0 Å². The third-order valence-corrected chi connectivity index (χ3v) is 2.79. The molecule has 0 saturated heterocycles. The highest BCUT2D eigenvalue weighted by Crippen LogP contribution is 2.35. The van der Waals surface area contributed by atoms with Crippen LogP contribution in [0.2, 0.25) is 0 Å². The second kappa shape index (κ2) is 3.23. The minimum Gasteiger partial charge on any atom is -0.357 e. The fraction of sp³-hybridized carbons (Fsp3) is 0.0833. The third-order valence-electron chi connectivity index (χ3n) is 2.79. The van der Waals surface area contributed by atoms with Crippen LogP contribution in [-0.4, -0.2) is 4.98 Å². The van der Waals surface area contributed by atoms with Gasteiger partial charge in [0.15, 0.2) is 6.20 Å². The number of hydrogen-bond donors (Lipinski definition) is 1. The summed E-state index contributed by atoms with van der Waals surface area (Å²) in [6.45, 7) is 0. The maximum Gasteiger partial charge on any atom is 0.431 e. The molecule has 2 N–H and O–H groups in total. The molecule has 0 spiro atoms. The molecule has 0 aliphatic heterocycles. The molecule has 0 amide bonds. The van der Waals surface area contributed by atoms with Gasteiger partial charge in [0.25, 0.3) is 0 Å². The fourth-order valence-electron chi connectivity index (χ4n) is 2.08. The molecule has 0 radical (unpaired) electrons. The lowest BCUT2D eigenvalue weighted by Gasteiger charge is -2.10. The first-order valence-corrected chi connectivity index (χ1v) is 5.05. The number of fused-ring (bicyclic) bond motifs is 3. The van der Waals surface area contributed by atoms with E-state index in [2.05, 4.69) is 9.97 Å². The Hall–Kier alpha value is -2.04. The average molecular weight is 237 g/mol. The van der Waals surface area contributed by atoms with Crippen LogP contribution in [0.1, 0.15) is 5.69 Å². The highest BCUT2D eigenvalue weighted by Gasteiger charge is 2.34. The van der Waals surface area contributed by atoms with E-state index in [0.717, 1.165) is 0 Å². The normalized spacial score (nSPS) is 12.4. The van der Waals surface area contributed by atoms with E-state index in [0.29, 0.717) is 16.3 Å². The molecule has 17 heavy (non-hydrogen) atoms. The summed E-state index contributed by atoms with van der Waals surface area (Å²) < 4.78 is 38.7. The number of aromatic amines is 2. The Balaban J connectivity index is 2.54. The minimum absolute atomic E-state index is 0.207. The van der Waals surface area contributed by atoms with Crippen molar-refractivity contribution >= 4 is 21.7 Å². The lowest BCUT2D eigenvalue weighted by molar-refractivity contribution is -0.341. The Kier molecular flexibility index (Phi) is 1.92. The van der Waals surface area contributed by atoms with Gasteiger partial charge in [-0.3, -0.25) is 0 Å². The molecule has 86 valence electrons. The molecule has 0 bridgehead atoms. The van der Waals surface area contributed by atoms with Gasteiger partial charge in [-0.15, -0.1) is 0 Å². The Morgan fingerprint density at radius 3 is 2.65 bits per heavy atom. The smallest absolute Gasteiger partial charge is 0.357 e. The average Bonchev–Trinajstić information content (AvgIpc) is 2.75. The van der Waals surface area contributed by atoms with Crippen LogP contribution in [0.4, 0.5) is 13.2 Å². The molecule has 0 aliphatic rings. The number of nitrogens with one attached hydrogen (secondary N) is 2. The van der Waals surface area contributed by atoms with Gasteiger partial charge in [0.2, 0.25) is 5.52 Å². The van der Waals surface area contributed by atoms with Gasteiger partial charge >= 0.3 is 6.18 Å². The standard InChI is InChI=1S/C12H7F3N2/c13-12(14,15)11-10-7(3-5-17-11)1-2-9-8(10)4-6-16-9/h1-6,17H/p+1. The predicted octanol–water partition coefficient (Wildman–Crippen LogP) is 3.15. The molecular weight excluding hydrogens is 229 g/mol. The van der Waals surface area contributed by atoms with Crippen molar-refractivity contribution in [2.75, 3.05) is 0 Å². The van der Waals surface area contributed by atoms with E-state index in [9.17, 15) is 13.2 Å². The highest BCUT2D eigenvalue weighted by atomic mass is 19.4. The summed E-state index contributed by atoms with van der Waals surface area (Å²) in [6, 6.07) is 6.74. The number of pyridine rings is 1. The first kappa shape index (κ1) is 10.1. The lowest BCUT2D eigenvalue weighted by atomic mass is 10.1. The number of H-pyrrole nitrogens is 2. The Bertz CT molecular complexity index is 698. The monoisotopic (exact) mass is 237 g/mol. The van der Waals surface area contributed by atoms with Crippen LogP contribution in [0.15, 0.2) is 36.7 Å². The number of rotatable bonds is 0. The Morgan fingerprint density at radius 1 is 1.06 bits per heavy atom. The van der Waals surface area contributed by atoms with E-state index >= 15 is 0 Å². The number of hydrogen-bond acceptors (Lipinski definition) is 0. The quantitative estimate of drug-likeness (QED) is 0.622. The van der Waals surface area contributed by atoms with Gasteiger partial charge in [0.1, 0.15) is 5.69 Å². The van der Waals surface area contributed by atoms with E-state index in [1.807, 2.05) is 0 Å². The van der Waals surface area contributed by atoms with E-state index in [1.54, 1.807) is 30.5 Å². The number of benzene rings is 1. The van der Waals surface area contributed by atoms with E-state index in [-0.39, 0.29) is 5.39 Å². The van der Waals surface area contributed by atoms with Crippen molar-refractivity contribution in [1.29, 1.82) is 0 Å². The van der Waals surface area contributed by atoms with Crippen molar-refractivity contribution in [2.24, 2.45) is 0 Å². The third kappa shape index (κ3) is 1.46. The van der Waals surface area contributed by atoms with Crippen LogP contribution in [0, 0.1) is 0 Å². The van der Waals surface area contributed by atoms with E-state index in [1.165, 1.54) is 6.20 Å². The summed E-state index contributed by atoms with van der Waals surface area (Å²) in [5, 5.41) is 1.36. The zero-order chi connectivity index (χ0) is 12.0. The zero-order valence-electron chi connectivity index (χ0n) is 8.60. The molecule has 2 nitrogen and oxygen atoms in total. The van der Waals surface area contributed by atoms with Crippen molar-refractivity contribution in [2.45, 2.75) is 6.18 Å². The van der Waals surface area contributed by atoms with E-state index in [4.69, 9.17) is 0 Å². The van der Waals surface area contributed by atoms with Gasteiger partial charge in [-0.2, -0.15) is 13.2 Å². The summed E-state index contributed by atoms with van der Waals surface area (Å²) in [7, 11) is 0. The maximum absolute atomic E-state index is 12.9. The SMILES string of the molecule is FC(F)(F)c1[nH]ccc2ccc3[nH+]ccc3c12. The van der Waals surface area contributed by atoms with Gasteiger partial charge in [0.05, 0.1) is 5.39 Å². The van der Waals surface area contributed by atoms with Crippen LogP contribution >= 0.6 is 0 Å². The van der Waals surface area contributed by atoms with Crippen LogP contribution in [-0.2, 0) is 6.18 Å². The van der Waals surface area contributed by atoms with Crippen molar-refractivity contribution in [1.82, 2.24) is 4.98 Å². The van der Waals surface area contributed by atoms with Gasteiger partial charge < -0.3 is 4.98 Å². The molecule has 0 atom stereocenters. The van der Waals surface area contributed by atoms with Crippen molar-refractivity contribution in [3.63, 3.8) is 0 Å². The second-order valence-electron chi connectivity index (χ2n) is 3.82. The summed E-state index contributed by atoms with van der Waals surface area (Å²) in [4.78, 5) is 5.20. The first-order valence-electron chi connectivity index (χ1n) is 5.05. The van der Waals surface area contributed by atoms with E-state index < -0.39 is 11.9 Å². The number of alkyl halides is 3. The molecule has 3 rings (SSSR count). The Labute approximate surface area is 94.1 Å². The predicted molar refractivity (Wildman–Crippen MR) is 57.4 cm³/mol. The number of aromatic nitrogens is 2. The Morgan fingerprint density at radius 2 is 1.88 bits per heavy atom. The van der Waals surface area contributed by atoms with Crippen LogP contribution in [0.25, 0.3) is 21.7 Å². The molecule has 5 heteroatoms. The molecule has 1 aromatic carbocycles. The van der Waals surface area contributed by atoms with Gasteiger partial charge in [-0.05, 0) is 17.5 Å². The zero-order valence-corrected chi connectivity index (χ0v) is 8.60. The van der Waals surface area contributed by atoms with Gasteiger partial charge in [-0.25, -0.2) is 4.98 Å². The summed E-state index contributed by atoms with van der Waals surface area (Å²) in [6.07, 6.45) is -1.44. The second-order valence-corrected chi connectivity index (χ2v) is 3.82. The van der Waals surface area contributed by atoms with Crippen molar-refractivity contribution in [3.8, 4) is 0 Å². The number of halogens is 3. The van der Waals surface area contributed by atoms with Gasteiger partial charge in [0, 0.05) is 23.7 Å². The summed E-state index contributed by atoms with van der Waals surface area (Å²) in [5.74, 6) is 0. The molecule has 0 unspecified atom stereocenters. The minimum atomic E-state index is -4.38. The molecule has 0 aliphatic carbocycles. The van der Waals surface area contributed by atoms with Crippen LogP contribution < -0.4 is 4.98 Å². The molecule has 0 saturated carbocycles. The first-order chi connectivity index (χ1) is 8.07. The van der Waals surface area contributed by atoms with Crippen molar-refractivity contribution < 1.29 is 18.2 Å². The molecule has 3 aromatic rings. The topological polar surface area (TPSA) is 29.9 Å². The molecule has 2 heterocycles. The fourth-order valence-corrected chi connectivity index (χ4v) is 2.08. The molecular formula is C12H8F3N2+. The largest absolute Gasteiger partial charge is 0.431 e. The van der Waals surface area contributed by atoms with Crippen molar-refractivity contribution in [3.05, 3.63) is 42.4 Å². The highest BCUT2D eigenvalue weighted by molar-refractivity contribution is 6.06. The molecule has 0 fully saturated rings.